The molecule has 2 aliphatic heterocycles. The highest BCUT2D eigenvalue weighted by Crippen LogP contribution is 2.42. The molecule has 1 aliphatic carbocycles. The van der Waals surface area contributed by atoms with Crippen molar-refractivity contribution in [2.45, 2.75) is 76.5 Å². The molecule has 3 rings (SSSR count). The summed E-state index contributed by atoms with van der Waals surface area (Å²) in [7, 11) is 0. The van der Waals surface area contributed by atoms with Gasteiger partial charge in [-0.15, -0.1) is 0 Å². The average molecular weight is 292 g/mol. The average Bonchev–Trinajstić information content (AvgIpc) is 2.58. The van der Waals surface area contributed by atoms with Crippen LogP contribution in [0, 0.1) is 5.21 Å². The summed E-state index contributed by atoms with van der Waals surface area (Å²) in [6.45, 7) is 8.43. The van der Waals surface area contributed by atoms with Crippen LogP contribution in [0.15, 0.2) is 10.1 Å². The number of aliphatic imine (C=N–C) groups is 1. The largest absolute Gasteiger partial charge is 0.622 e. The molecular weight excluding hydrogens is 268 g/mol. The first-order chi connectivity index (χ1) is 9.68. The van der Waals surface area contributed by atoms with Crippen molar-refractivity contribution in [3.63, 3.8) is 0 Å². The van der Waals surface area contributed by atoms with Crippen molar-refractivity contribution in [3.8, 4) is 0 Å². The van der Waals surface area contributed by atoms with Crippen molar-refractivity contribution in [2.24, 2.45) is 10.1 Å². The Balaban J connectivity index is 2.10. The quantitative estimate of drug-likeness (QED) is 0.310. The van der Waals surface area contributed by atoms with Gasteiger partial charge in [-0.1, -0.05) is 5.16 Å². The number of oxime groups is 1. The van der Waals surface area contributed by atoms with Crippen LogP contribution in [0.5, 0.6) is 0 Å². The van der Waals surface area contributed by atoms with Crippen LogP contribution < -0.4 is 5.32 Å². The maximum Gasteiger partial charge on any atom is 0.269 e. The highest BCUT2D eigenvalue weighted by molar-refractivity contribution is 6.68. The van der Waals surface area contributed by atoms with Crippen LogP contribution in [-0.2, 0) is 0 Å². The van der Waals surface area contributed by atoms with E-state index < -0.39 is 5.66 Å². The SMILES string of the molecule is CC1(C)CC2(CC(C)(C)N1)N=C1C(=[N+]2[O-])CCC/C1=N\O. The van der Waals surface area contributed by atoms with Crippen molar-refractivity contribution < 1.29 is 9.95 Å². The van der Waals surface area contributed by atoms with Crippen LogP contribution in [0.3, 0.4) is 0 Å². The van der Waals surface area contributed by atoms with Crippen LogP contribution in [0.25, 0.3) is 0 Å². The molecule has 0 aromatic heterocycles. The first kappa shape index (κ1) is 14.5. The molecule has 3 aliphatic rings. The predicted octanol–water partition coefficient (Wildman–Crippen LogP) is 2.04. The Morgan fingerprint density at radius 2 is 1.81 bits per heavy atom. The molecule has 2 heterocycles. The fraction of sp³-hybridized carbons (Fsp3) is 0.800. The van der Waals surface area contributed by atoms with Gasteiger partial charge in [0.15, 0.2) is 5.71 Å². The lowest BCUT2D eigenvalue weighted by Gasteiger charge is -2.48. The van der Waals surface area contributed by atoms with Crippen molar-refractivity contribution in [1.29, 1.82) is 0 Å². The van der Waals surface area contributed by atoms with E-state index in [4.69, 9.17) is 4.99 Å². The van der Waals surface area contributed by atoms with Crippen molar-refractivity contribution >= 4 is 17.1 Å². The Bertz CT molecular complexity index is 556. The van der Waals surface area contributed by atoms with Gasteiger partial charge in [-0.2, -0.15) is 4.74 Å². The Hall–Kier alpha value is -1.43. The summed E-state index contributed by atoms with van der Waals surface area (Å²) in [6.07, 6.45) is 3.55. The second-order valence-electron chi connectivity index (χ2n) is 7.83. The lowest BCUT2D eigenvalue weighted by atomic mass is 9.76. The highest BCUT2D eigenvalue weighted by atomic mass is 16.5. The Labute approximate surface area is 125 Å². The van der Waals surface area contributed by atoms with Gasteiger partial charge in [-0.25, -0.2) is 4.99 Å². The molecule has 1 saturated heterocycles. The lowest BCUT2D eigenvalue weighted by Crippen LogP contribution is -2.64. The van der Waals surface area contributed by atoms with Gasteiger partial charge in [-0.3, -0.25) is 0 Å². The van der Waals surface area contributed by atoms with Crippen LogP contribution in [0.1, 0.15) is 59.8 Å². The summed E-state index contributed by atoms with van der Waals surface area (Å²) in [4.78, 5) is 4.79. The minimum Gasteiger partial charge on any atom is -0.622 e. The number of piperidine rings is 1. The van der Waals surface area contributed by atoms with E-state index in [2.05, 4.69) is 38.2 Å². The van der Waals surface area contributed by atoms with Crippen LogP contribution in [0.4, 0.5) is 0 Å². The zero-order valence-corrected chi connectivity index (χ0v) is 13.2. The third kappa shape index (κ3) is 2.25. The van der Waals surface area contributed by atoms with E-state index in [1.165, 1.54) is 0 Å². The van der Waals surface area contributed by atoms with Crippen LogP contribution in [0.2, 0.25) is 0 Å². The molecule has 0 aromatic carbocycles. The van der Waals surface area contributed by atoms with Crippen molar-refractivity contribution in [1.82, 2.24) is 5.32 Å². The van der Waals surface area contributed by atoms with E-state index >= 15 is 0 Å². The molecule has 21 heavy (non-hydrogen) atoms. The highest BCUT2D eigenvalue weighted by Gasteiger charge is 2.57. The maximum absolute atomic E-state index is 13.0. The zero-order chi connectivity index (χ0) is 15.5. The molecule has 116 valence electrons. The first-order valence-corrected chi connectivity index (χ1v) is 7.62. The molecule has 6 nitrogen and oxygen atoms in total. The molecular formula is C15H24N4O2. The zero-order valence-electron chi connectivity index (χ0n) is 13.2. The fourth-order valence-electron chi connectivity index (χ4n) is 4.46. The second kappa shape index (κ2) is 4.29. The Morgan fingerprint density at radius 1 is 1.19 bits per heavy atom. The number of fused-ring (bicyclic) bond motifs is 1. The number of nitrogens with one attached hydrogen (secondary N) is 1. The minimum absolute atomic E-state index is 0.168. The van der Waals surface area contributed by atoms with E-state index in [1.807, 2.05) is 0 Å². The van der Waals surface area contributed by atoms with Gasteiger partial charge in [0.25, 0.3) is 5.66 Å². The molecule has 1 saturated carbocycles. The smallest absolute Gasteiger partial charge is 0.269 e. The number of hydroxylamine groups is 1. The minimum atomic E-state index is -0.761. The third-order valence-electron chi connectivity index (χ3n) is 4.56. The van der Waals surface area contributed by atoms with E-state index in [0.717, 1.165) is 17.6 Å². The number of rotatable bonds is 0. The van der Waals surface area contributed by atoms with Gasteiger partial charge in [0.2, 0.25) is 5.71 Å². The summed E-state index contributed by atoms with van der Waals surface area (Å²) in [5.41, 5.74) is 0.791. The van der Waals surface area contributed by atoms with Crippen molar-refractivity contribution in [2.75, 3.05) is 0 Å². The molecule has 0 aromatic rings. The predicted molar refractivity (Wildman–Crippen MR) is 82.4 cm³/mol. The van der Waals surface area contributed by atoms with Crippen molar-refractivity contribution in [3.05, 3.63) is 5.21 Å². The van der Waals surface area contributed by atoms with Crippen LogP contribution in [-0.4, -0.2) is 43.8 Å². The summed E-state index contributed by atoms with van der Waals surface area (Å²) < 4.78 is 1.11. The summed E-state index contributed by atoms with van der Waals surface area (Å²) in [6, 6.07) is 0. The van der Waals surface area contributed by atoms with E-state index in [9.17, 15) is 10.4 Å². The molecule has 0 bridgehead atoms. The van der Waals surface area contributed by atoms with Gasteiger partial charge in [0.05, 0.1) is 12.8 Å². The molecule has 0 atom stereocenters. The third-order valence-corrected chi connectivity index (χ3v) is 4.56. The monoisotopic (exact) mass is 292 g/mol. The van der Waals surface area contributed by atoms with Gasteiger partial charge in [0.1, 0.15) is 5.71 Å². The van der Waals surface area contributed by atoms with Gasteiger partial charge < -0.3 is 15.7 Å². The van der Waals surface area contributed by atoms with Gasteiger partial charge in [0, 0.05) is 17.5 Å². The molecule has 0 amide bonds. The number of hydrogen-bond acceptors (Lipinski definition) is 5. The maximum atomic E-state index is 13.0. The van der Waals surface area contributed by atoms with E-state index in [1.54, 1.807) is 0 Å². The van der Waals surface area contributed by atoms with Gasteiger partial charge >= 0.3 is 0 Å². The first-order valence-electron chi connectivity index (χ1n) is 7.62. The molecule has 6 heteroatoms. The topological polar surface area (TPSA) is 83.0 Å². The van der Waals surface area contributed by atoms with E-state index in [0.29, 0.717) is 36.4 Å². The molecule has 1 spiro atoms. The molecule has 0 radical (unpaired) electrons. The fourth-order valence-corrected chi connectivity index (χ4v) is 4.46. The Kier molecular flexibility index (Phi) is 2.96. The van der Waals surface area contributed by atoms with E-state index in [-0.39, 0.29) is 11.1 Å². The van der Waals surface area contributed by atoms with Crippen LogP contribution >= 0.6 is 0 Å². The molecule has 2 fully saturated rings. The molecule has 0 unspecified atom stereocenters. The normalized spacial score (nSPS) is 31.4. The second-order valence-corrected chi connectivity index (χ2v) is 7.83. The van der Waals surface area contributed by atoms with Gasteiger partial charge in [-0.05, 0) is 40.5 Å². The number of hydrogen-bond donors (Lipinski definition) is 2. The Morgan fingerprint density at radius 3 is 2.38 bits per heavy atom. The summed E-state index contributed by atoms with van der Waals surface area (Å²) >= 11 is 0. The molecule has 2 N–H and O–H groups in total. The standard InChI is InChI=1S/C15H24N4O2/c1-13(2)8-15(9-14(3,4)18-13)16-12-10(17-20)6-5-7-11(12)19(15)21/h18,20H,5-9H2,1-4H3/b17-10+. The summed E-state index contributed by atoms with van der Waals surface area (Å²) in [5, 5.41) is 29.1. The lowest BCUT2D eigenvalue weighted by molar-refractivity contribution is -0.553. The summed E-state index contributed by atoms with van der Waals surface area (Å²) in [5.74, 6) is 0. The number of nitrogens with zero attached hydrogens (tertiary/aromatic N) is 3.